The molecular weight excluding hydrogens is 388 g/mol. The summed E-state index contributed by atoms with van der Waals surface area (Å²) in [6.07, 6.45) is 2.91. The fraction of sp³-hybridized carbons (Fsp3) is 0.182. The van der Waals surface area contributed by atoms with Crippen molar-refractivity contribution in [2.24, 2.45) is 0 Å². The molecule has 0 unspecified atom stereocenters. The second kappa shape index (κ2) is 7.29. The first kappa shape index (κ1) is 19.1. The Morgan fingerprint density at radius 2 is 1.72 bits per heavy atom. The van der Waals surface area contributed by atoms with Crippen LogP contribution >= 0.6 is 11.6 Å². The van der Waals surface area contributed by atoms with Crippen LogP contribution in [0.15, 0.2) is 59.8 Å². The van der Waals surface area contributed by atoms with E-state index < -0.39 is 6.04 Å². The van der Waals surface area contributed by atoms with Crippen LogP contribution in [0.3, 0.4) is 0 Å². The zero-order chi connectivity index (χ0) is 20.7. The first-order valence-electron chi connectivity index (χ1n) is 9.18. The summed E-state index contributed by atoms with van der Waals surface area (Å²) in [6.45, 7) is 5.69. The summed E-state index contributed by atoms with van der Waals surface area (Å²) < 4.78 is 2.99. The highest BCUT2D eigenvalue weighted by atomic mass is 35.5. The van der Waals surface area contributed by atoms with Crippen LogP contribution in [0.4, 0.5) is 0 Å². The van der Waals surface area contributed by atoms with Crippen molar-refractivity contribution in [2.75, 3.05) is 0 Å². The van der Waals surface area contributed by atoms with Gasteiger partial charge in [0.05, 0.1) is 17.9 Å². The van der Waals surface area contributed by atoms with Crippen molar-refractivity contribution in [1.82, 2.24) is 19.3 Å². The van der Waals surface area contributed by atoms with E-state index in [1.807, 2.05) is 26.0 Å². The van der Waals surface area contributed by atoms with Crippen LogP contribution < -0.4 is 5.56 Å². The molecule has 2 heterocycles. The molecule has 146 valence electrons. The molecule has 0 aliphatic heterocycles. The molecule has 29 heavy (non-hydrogen) atoms. The lowest BCUT2D eigenvalue weighted by Crippen LogP contribution is -2.28. The minimum absolute atomic E-state index is 0.188. The van der Waals surface area contributed by atoms with Gasteiger partial charge in [-0.15, -0.1) is 0 Å². The van der Waals surface area contributed by atoms with Gasteiger partial charge in [-0.1, -0.05) is 17.7 Å². The molecule has 2 aromatic carbocycles. The molecular formula is C22H19ClN4O2. The second-order valence-electron chi connectivity index (χ2n) is 7.14. The van der Waals surface area contributed by atoms with Crippen molar-refractivity contribution in [3.8, 4) is 5.69 Å². The van der Waals surface area contributed by atoms with Crippen LogP contribution in [0.2, 0.25) is 5.02 Å². The van der Waals surface area contributed by atoms with Gasteiger partial charge in [0.2, 0.25) is 0 Å². The lowest BCUT2D eigenvalue weighted by molar-refractivity contribution is 0.0932. The monoisotopic (exact) mass is 406 g/mol. The molecule has 4 aromatic rings. The number of hydrogen-bond acceptors (Lipinski definition) is 4. The molecule has 0 saturated heterocycles. The van der Waals surface area contributed by atoms with Crippen molar-refractivity contribution < 1.29 is 4.79 Å². The predicted octanol–water partition coefficient (Wildman–Crippen LogP) is 4.30. The molecule has 4 rings (SSSR count). The molecule has 0 radical (unpaired) electrons. The van der Waals surface area contributed by atoms with Crippen molar-refractivity contribution in [1.29, 1.82) is 0 Å². The Morgan fingerprint density at radius 1 is 1.07 bits per heavy atom. The molecule has 0 saturated carbocycles. The number of aryl methyl sites for hydroxylation is 2. The van der Waals surface area contributed by atoms with E-state index in [-0.39, 0.29) is 11.3 Å². The number of rotatable bonds is 4. The zero-order valence-corrected chi connectivity index (χ0v) is 17.0. The highest BCUT2D eigenvalue weighted by Crippen LogP contribution is 2.19. The van der Waals surface area contributed by atoms with Crippen LogP contribution in [0.25, 0.3) is 16.7 Å². The third-order valence-corrected chi connectivity index (χ3v) is 5.14. The van der Waals surface area contributed by atoms with Crippen LogP contribution in [-0.2, 0) is 0 Å². The van der Waals surface area contributed by atoms with Crippen molar-refractivity contribution in [3.05, 3.63) is 87.1 Å². The number of ketones is 1. The number of halogens is 1. The van der Waals surface area contributed by atoms with E-state index in [1.54, 1.807) is 35.9 Å². The number of Topliss-reactive ketones (excluding diaryl/α,β-unsaturated/α-hetero) is 1. The molecule has 0 fully saturated rings. The van der Waals surface area contributed by atoms with Crippen molar-refractivity contribution >= 4 is 28.4 Å². The number of carbonyl (C=O) groups is 1. The van der Waals surface area contributed by atoms with E-state index in [2.05, 4.69) is 16.1 Å². The molecule has 2 aromatic heterocycles. The highest BCUT2D eigenvalue weighted by molar-refractivity contribution is 6.30. The van der Waals surface area contributed by atoms with Gasteiger partial charge in [-0.3, -0.25) is 14.2 Å². The molecule has 0 N–H and O–H groups in total. The SMILES string of the molecule is Cc1cc(C)cc(-n2ncc3c(=O)n([C@H](C)C(=O)c4ccc(Cl)cc4)cnc32)c1. The summed E-state index contributed by atoms with van der Waals surface area (Å²) >= 11 is 5.89. The number of carbonyl (C=O) groups excluding carboxylic acids is 1. The molecule has 1 atom stereocenters. The number of hydrogen-bond donors (Lipinski definition) is 0. The second-order valence-corrected chi connectivity index (χ2v) is 7.58. The Bertz CT molecular complexity index is 1270. The molecule has 6 nitrogen and oxygen atoms in total. The number of benzene rings is 2. The Balaban J connectivity index is 1.76. The Labute approximate surface area is 172 Å². The lowest BCUT2D eigenvalue weighted by atomic mass is 10.1. The van der Waals surface area contributed by atoms with E-state index in [4.69, 9.17) is 11.6 Å². The van der Waals surface area contributed by atoms with Gasteiger partial charge in [0.1, 0.15) is 11.7 Å². The standard InChI is InChI=1S/C22H19ClN4O2/c1-13-8-14(2)10-18(9-13)27-21-19(11-25-27)22(29)26(12-24-21)15(3)20(28)16-4-6-17(23)7-5-16/h4-12,15H,1-3H3/t15-/m1/s1. The van der Waals surface area contributed by atoms with E-state index in [1.165, 1.54) is 17.1 Å². The first-order valence-corrected chi connectivity index (χ1v) is 9.56. The molecule has 7 heteroatoms. The average Bonchev–Trinajstić information content (AvgIpc) is 3.12. The molecule has 0 bridgehead atoms. The molecule has 0 aliphatic rings. The van der Waals surface area contributed by atoms with E-state index >= 15 is 0 Å². The lowest BCUT2D eigenvalue weighted by Gasteiger charge is -2.14. The number of fused-ring (bicyclic) bond motifs is 1. The van der Waals surface area contributed by atoms with E-state index in [0.717, 1.165) is 16.8 Å². The molecule has 0 amide bonds. The summed E-state index contributed by atoms with van der Waals surface area (Å²) in [5, 5.41) is 5.28. The fourth-order valence-electron chi connectivity index (χ4n) is 3.44. The normalized spacial score (nSPS) is 12.3. The number of nitrogens with zero attached hydrogens (tertiary/aromatic N) is 4. The summed E-state index contributed by atoms with van der Waals surface area (Å²) in [7, 11) is 0. The summed E-state index contributed by atoms with van der Waals surface area (Å²) in [6, 6.07) is 11.9. The average molecular weight is 407 g/mol. The third-order valence-electron chi connectivity index (χ3n) is 4.89. The van der Waals surface area contributed by atoms with E-state index in [0.29, 0.717) is 21.6 Å². The quantitative estimate of drug-likeness (QED) is 0.474. The summed E-state index contributed by atoms with van der Waals surface area (Å²) in [5.41, 5.74) is 3.67. The van der Waals surface area contributed by atoms with Crippen LogP contribution in [0.1, 0.15) is 34.5 Å². The highest BCUT2D eigenvalue weighted by Gasteiger charge is 2.21. The van der Waals surface area contributed by atoms with Gasteiger partial charge in [0.15, 0.2) is 11.4 Å². The smallest absolute Gasteiger partial charge is 0.265 e. The summed E-state index contributed by atoms with van der Waals surface area (Å²) in [5.74, 6) is -0.188. The minimum atomic E-state index is -0.704. The van der Waals surface area contributed by atoms with Gasteiger partial charge < -0.3 is 0 Å². The predicted molar refractivity (Wildman–Crippen MR) is 113 cm³/mol. The van der Waals surface area contributed by atoms with Gasteiger partial charge in [-0.05, 0) is 68.3 Å². The van der Waals surface area contributed by atoms with Gasteiger partial charge >= 0.3 is 0 Å². The Kier molecular flexibility index (Phi) is 4.80. The number of aromatic nitrogens is 4. The van der Waals surface area contributed by atoms with Gasteiger partial charge in [-0.25, -0.2) is 9.67 Å². The maximum Gasteiger partial charge on any atom is 0.265 e. The van der Waals surface area contributed by atoms with Crippen molar-refractivity contribution in [3.63, 3.8) is 0 Å². The fourth-order valence-corrected chi connectivity index (χ4v) is 3.57. The Morgan fingerprint density at radius 3 is 2.38 bits per heavy atom. The maximum absolute atomic E-state index is 13.0. The minimum Gasteiger partial charge on any atom is -0.292 e. The molecule has 0 aliphatic carbocycles. The van der Waals surface area contributed by atoms with Crippen LogP contribution in [-0.4, -0.2) is 25.1 Å². The molecule has 0 spiro atoms. The van der Waals surface area contributed by atoms with Gasteiger partial charge in [0.25, 0.3) is 5.56 Å². The third kappa shape index (κ3) is 3.47. The van der Waals surface area contributed by atoms with Crippen LogP contribution in [0.5, 0.6) is 0 Å². The van der Waals surface area contributed by atoms with Crippen molar-refractivity contribution in [2.45, 2.75) is 26.8 Å². The largest absolute Gasteiger partial charge is 0.292 e. The van der Waals surface area contributed by atoms with Crippen LogP contribution in [0, 0.1) is 13.8 Å². The maximum atomic E-state index is 13.0. The first-order chi connectivity index (χ1) is 13.8. The zero-order valence-electron chi connectivity index (χ0n) is 16.3. The van der Waals surface area contributed by atoms with Gasteiger partial charge in [-0.2, -0.15) is 5.10 Å². The Hall–Kier alpha value is -3.25. The topological polar surface area (TPSA) is 69.8 Å². The summed E-state index contributed by atoms with van der Waals surface area (Å²) in [4.78, 5) is 30.3. The van der Waals surface area contributed by atoms with Gasteiger partial charge in [0, 0.05) is 10.6 Å². The van der Waals surface area contributed by atoms with E-state index in [9.17, 15) is 9.59 Å².